The third kappa shape index (κ3) is 3.80. The highest BCUT2D eigenvalue weighted by Gasteiger charge is 2.51. The number of amides is 1. The Morgan fingerprint density at radius 3 is 2.39 bits per heavy atom. The molecule has 1 saturated heterocycles. The molecule has 7 heteroatoms. The predicted molar refractivity (Wildman–Crippen MR) is 80.5 cm³/mol. The van der Waals surface area contributed by atoms with Crippen LogP contribution < -0.4 is 0 Å². The number of hydrogen-bond acceptors (Lipinski definition) is 6. The SMILES string of the molecule is COC(=O)C1CC(OC)(OC)CN1C(=O)OCc1ccccc1. The van der Waals surface area contributed by atoms with Crippen LogP contribution in [0.2, 0.25) is 0 Å². The molecule has 0 radical (unpaired) electrons. The van der Waals surface area contributed by atoms with Gasteiger partial charge in [-0.1, -0.05) is 30.3 Å². The van der Waals surface area contributed by atoms with Gasteiger partial charge >= 0.3 is 12.1 Å². The molecule has 126 valence electrons. The van der Waals surface area contributed by atoms with Crippen LogP contribution in [0.1, 0.15) is 12.0 Å². The molecule has 0 aliphatic carbocycles. The van der Waals surface area contributed by atoms with Gasteiger partial charge in [-0.3, -0.25) is 4.90 Å². The van der Waals surface area contributed by atoms with Crippen molar-refractivity contribution >= 4 is 12.1 Å². The van der Waals surface area contributed by atoms with Crippen LogP contribution in [0.25, 0.3) is 0 Å². The molecular weight excluding hydrogens is 302 g/mol. The average molecular weight is 323 g/mol. The summed E-state index contributed by atoms with van der Waals surface area (Å²) >= 11 is 0. The lowest BCUT2D eigenvalue weighted by atomic mass is 10.1. The highest BCUT2D eigenvalue weighted by molar-refractivity contribution is 5.82. The number of hydrogen-bond donors (Lipinski definition) is 0. The Kier molecular flexibility index (Phi) is 5.57. The predicted octanol–water partition coefficient (Wildman–Crippen LogP) is 1.56. The standard InChI is InChI=1S/C16H21NO6/c1-20-14(18)13-9-16(21-2,22-3)11-17(13)15(19)23-10-12-7-5-4-6-8-12/h4-8,13H,9-11H2,1-3H3. The molecule has 0 bridgehead atoms. The van der Waals surface area contributed by atoms with Gasteiger partial charge in [0, 0.05) is 20.6 Å². The molecule has 1 amide bonds. The van der Waals surface area contributed by atoms with E-state index in [0.717, 1.165) is 5.56 Å². The number of methoxy groups -OCH3 is 3. The fourth-order valence-electron chi connectivity index (χ4n) is 2.56. The van der Waals surface area contributed by atoms with Gasteiger partial charge < -0.3 is 18.9 Å². The van der Waals surface area contributed by atoms with Gasteiger partial charge in [0.15, 0.2) is 5.79 Å². The summed E-state index contributed by atoms with van der Waals surface area (Å²) in [5, 5.41) is 0. The first-order valence-corrected chi connectivity index (χ1v) is 7.20. The number of nitrogens with zero attached hydrogens (tertiary/aromatic N) is 1. The molecule has 1 heterocycles. The van der Waals surface area contributed by atoms with Gasteiger partial charge in [0.05, 0.1) is 13.7 Å². The molecule has 0 spiro atoms. The summed E-state index contributed by atoms with van der Waals surface area (Å²) in [5.74, 6) is -1.57. The summed E-state index contributed by atoms with van der Waals surface area (Å²) in [7, 11) is 4.21. The van der Waals surface area contributed by atoms with Gasteiger partial charge in [0.2, 0.25) is 0 Å². The van der Waals surface area contributed by atoms with Crippen molar-refractivity contribution in [3.8, 4) is 0 Å². The second-order valence-corrected chi connectivity index (χ2v) is 5.23. The molecule has 1 aromatic rings. The van der Waals surface area contributed by atoms with E-state index in [9.17, 15) is 9.59 Å². The number of carbonyl (C=O) groups excluding carboxylic acids is 2. The monoisotopic (exact) mass is 323 g/mol. The number of likely N-dealkylation sites (tertiary alicyclic amines) is 1. The topological polar surface area (TPSA) is 74.3 Å². The zero-order valence-corrected chi connectivity index (χ0v) is 13.5. The van der Waals surface area contributed by atoms with Gasteiger partial charge in [0.1, 0.15) is 12.6 Å². The number of benzene rings is 1. The van der Waals surface area contributed by atoms with E-state index >= 15 is 0 Å². The summed E-state index contributed by atoms with van der Waals surface area (Å²) in [5.41, 5.74) is 0.861. The maximum absolute atomic E-state index is 12.4. The maximum Gasteiger partial charge on any atom is 0.411 e. The Hall–Kier alpha value is -2.12. The lowest BCUT2D eigenvalue weighted by Gasteiger charge is -2.25. The van der Waals surface area contributed by atoms with Crippen molar-refractivity contribution in [3.63, 3.8) is 0 Å². The molecule has 1 aliphatic heterocycles. The molecule has 1 atom stereocenters. The van der Waals surface area contributed by atoms with Crippen molar-refractivity contribution in [1.82, 2.24) is 4.90 Å². The fourth-order valence-corrected chi connectivity index (χ4v) is 2.56. The normalized spacial score (nSPS) is 19.4. The minimum absolute atomic E-state index is 0.0907. The highest BCUT2D eigenvalue weighted by Crippen LogP contribution is 2.32. The highest BCUT2D eigenvalue weighted by atomic mass is 16.7. The number of carbonyl (C=O) groups is 2. The number of esters is 1. The van der Waals surface area contributed by atoms with Gasteiger partial charge in [0.25, 0.3) is 0 Å². The molecule has 1 unspecified atom stereocenters. The van der Waals surface area contributed by atoms with Crippen molar-refractivity contribution in [3.05, 3.63) is 35.9 Å². The maximum atomic E-state index is 12.4. The van der Waals surface area contributed by atoms with Crippen LogP contribution in [0, 0.1) is 0 Å². The lowest BCUT2D eigenvalue weighted by molar-refractivity contribution is -0.196. The molecule has 7 nitrogen and oxygen atoms in total. The quantitative estimate of drug-likeness (QED) is 0.605. The van der Waals surface area contributed by atoms with E-state index in [0.29, 0.717) is 0 Å². The van der Waals surface area contributed by atoms with Crippen LogP contribution in [0.3, 0.4) is 0 Å². The Balaban J connectivity index is 2.07. The first-order chi connectivity index (χ1) is 11.0. The van der Waals surface area contributed by atoms with Crippen molar-refractivity contribution < 1.29 is 28.5 Å². The van der Waals surface area contributed by atoms with E-state index in [1.165, 1.54) is 26.2 Å². The smallest absolute Gasteiger partial charge is 0.411 e. The molecule has 0 saturated carbocycles. The van der Waals surface area contributed by atoms with Crippen LogP contribution in [0.5, 0.6) is 0 Å². The first kappa shape index (κ1) is 17.2. The summed E-state index contributed by atoms with van der Waals surface area (Å²) in [6.45, 7) is 0.213. The van der Waals surface area contributed by atoms with E-state index in [-0.39, 0.29) is 19.6 Å². The van der Waals surface area contributed by atoms with Crippen LogP contribution in [-0.2, 0) is 30.3 Å². The molecule has 0 aromatic heterocycles. The zero-order chi connectivity index (χ0) is 16.9. The first-order valence-electron chi connectivity index (χ1n) is 7.20. The van der Waals surface area contributed by atoms with E-state index in [1.807, 2.05) is 30.3 Å². The molecule has 2 rings (SSSR count). The molecule has 0 N–H and O–H groups in total. The fraction of sp³-hybridized carbons (Fsp3) is 0.500. The summed E-state index contributed by atoms with van der Waals surface area (Å²) in [6.07, 6.45) is -0.423. The average Bonchev–Trinajstić information content (AvgIpc) is 3.00. The molecule has 1 aliphatic rings. The number of ether oxygens (including phenoxy) is 4. The second-order valence-electron chi connectivity index (χ2n) is 5.23. The number of rotatable bonds is 5. The van der Waals surface area contributed by atoms with Crippen LogP contribution in [-0.4, -0.2) is 56.7 Å². The summed E-state index contributed by atoms with van der Waals surface area (Å²) in [6, 6.07) is 8.50. The van der Waals surface area contributed by atoms with Crippen molar-refractivity contribution in [2.45, 2.75) is 24.9 Å². The Morgan fingerprint density at radius 1 is 1.17 bits per heavy atom. The van der Waals surface area contributed by atoms with Crippen molar-refractivity contribution in [2.75, 3.05) is 27.9 Å². The van der Waals surface area contributed by atoms with Gasteiger partial charge in [-0.2, -0.15) is 0 Å². The summed E-state index contributed by atoms with van der Waals surface area (Å²) in [4.78, 5) is 25.6. The molecule has 1 fully saturated rings. The van der Waals surface area contributed by atoms with Crippen LogP contribution >= 0.6 is 0 Å². The third-order valence-electron chi connectivity index (χ3n) is 3.95. The van der Waals surface area contributed by atoms with E-state index in [1.54, 1.807) is 0 Å². The van der Waals surface area contributed by atoms with Crippen molar-refractivity contribution in [2.24, 2.45) is 0 Å². The molecular formula is C16H21NO6. The third-order valence-corrected chi connectivity index (χ3v) is 3.95. The van der Waals surface area contributed by atoms with Crippen molar-refractivity contribution in [1.29, 1.82) is 0 Å². The van der Waals surface area contributed by atoms with E-state index < -0.39 is 23.9 Å². The van der Waals surface area contributed by atoms with Crippen LogP contribution in [0.15, 0.2) is 30.3 Å². The lowest BCUT2D eigenvalue weighted by Crippen LogP contribution is -2.42. The van der Waals surface area contributed by atoms with Gasteiger partial charge in [-0.15, -0.1) is 0 Å². The Morgan fingerprint density at radius 2 is 1.83 bits per heavy atom. The van der Waals surface area contributed by atoms with Gasteiger partial charge in [-0.05, 0) is 5.56 Å². The van der Waals surface area contributed by atoms with E-state index in [2.05, 4.69) is 0 Å². The Bertz CT molecular complexity index is 543. The minimum atomic E-state index is -1.04. The van der Waals surface area contributed by atoms with Crippen LogP contribution in [0.4, 0.5) is 4.79 Å². The molecule has 1 aromatic carbocycles. The minimum Gasteiger partial charge on any atom is -0.467 e. The summed E-state index contributed by atoms with van der Waals surface area (Å²) < 4.78 is 20.7. The Labute approximate surface area is 135 Å². The zero-order valence-electron chi connectivity index (χ0n) is 13.5. The second kappa shape index (κ2) is 7.43. The van der Waals surface area contributed by atoms with E-state index in [4.69, 9.17) is 18.9 Å². The van der Waals surface area contributed by atoms with Gasteiger partial charge in [-0.25, -0.2) is 9.59 Å². The molecule has 23 heavy (non-hydrogen) atoms. The largest absolute Gasteiger partial charge is 0.467 e.